The second-order valence-electron chi connectivity index (χ2n) is 6.72. The first-order valence-electron chi connectivity index (χ1n) is 8.61. The van der Waals surface area contributed by atoms with Crippen LogP contribution in [-0.4, -0.2) is 50.0 Å². The third kappa shape index (κ3) is 3.92. The number of piperidine rings is 1. The van der Waals surface area contributed by atoms with E-state index >= 15 is 0 Å². The van der Waals surface area contributed by atoms with Crippen molar-refractivity contribution in [2.45, 2.75) is 32.0 Å². The van der Waals surface area contributed by atoms with Crippen LogP contribution in [-0.2, 0) is 6.18 Å². The summed E-state index contributed by atoms with van der Waals surface area (Å²) < 4.78 is 40.5. The van der Waals surface area contributed by atoms with Crippen molar-refractivity contribution in [3.63, 3.8) is 0 Å². The SMILES string of the molecule is CC(O)C1CCCN(C(=O)c2nn(-c3ccccc3C(F)(F)F)cc2O)C1. The fraction of sp³-hybridized carbons (Fsp3) is 0.444. The number of likely N-dealkylation sites (tertiary alicyclic amines) is 1. The number of para-hydroxylation sites is 1. The van der Waals surface area contributed by atoms with Gasteiger partial charge in [0.2, 0.25) is 0 Å². The number of nitrogens with zero attached hydrogens (tertiary/aromatic N) is 3. The van der Waals surface area contributed by atoms with Crippen LogP contribution in [0.3, 0.4) is 0 Å². The highest BCUT2D eigenvalue weighted by Gasteiger charge is 2.35. The minimum Gasteiger partial charge on any atom is -0.504 e. The molecule has 0 saturated carbocycles. The molecule has 2 N–H and O–H groups in total. The number of aromatic hydroxyl groups is 1. The standard InChI is InChI=1S/C18H20F3N3O3/c1-11(25)12-5-4-8-23(9-12)17(27)16-15(26)10-24(22-16)14-7-3-2-6-13(14)18(19,20)21/h2-3,6-7,10-12,25-26H,4-5,8-9H2,1H3. The van der Waals surface area contributed by atoms with E-state index in [-0.39, 0.29) is 17.3 Å². The van der Waals surface area contributed by atoms with Gasteiger partial charge in [-0.25, -0.2) is 4.68 Å². The van der Waals surface area contributed by atoms with E-state index in [9.17, 15) is 28.2 Å². The van der Waals surface area contributed by atoms with Crippen LogP contribution in [0.1, 0.15) is 35.8 Å². The Kier molecular flexibility index (Phi) is 5.14. The van der Waals surface area contributed by atoms with Crippen molar-refractivity contribution in [2.24, 2.45) is 5.92 Å². The highest BCUT2D eigenvalue weighted by atomic mass is 19.4. The van der Waals surface area contributed by atoms with E-state index in [0.717, 1.165) is 23.4 Å². The van der Waals surface area contributed by atoms with Crippen molar-refractivity contribution in [3.8, 4) is 11.4 Å². The van der Waals surface area contributed by atoms with Crippen LogP contribution in [0, 0.1) is 5.92 Å². The minimum absolute atomic E-state index is 0.0853. The largest absolute Gasteiger partial charge is 0.504 e. The molecule has 1 aliphatic rings. The Morgan fingerprint density at radius 2 is 2.04 bits per heavy atom. The van der Waals surface area contributed by atoms with Gasteiger partial charge >= 0.3 is 6.18 Å². The van der Waals surface area contributed by atoms with Crippen LogP contribution < -0.4 is 0 Å². The van der Waals surface area contributed by atoms with Crippen LogP contribution in [0.2, 0.25) is 0 Å². The Morgan fingerprint density at radius 3 is 2.70 bits per heavy atom. The van der Waals surface area contributed by atoms with Gasteiger partial charge in [-0.15, -0.1) is 0 Å². The Morgan fingerprint density at radius 1 is 1.33 bits per heavy atom. The molecule has 9 heteroatoms. The van der Waals surface area contributed by atoms with Gasteiger partial charge in [-0.05, 0) is 31.9 Å². The Hall–Kier alpha value is -2.55. The lowest BCUT2D eigenvalue weighted by molar-refractivity contribution is -0.137. The number of rotatable bonds is 3. The van der Waals surface area contributed by atoms with Crippen molar-refractivity contribution in [1.82, 2.24) is 14.7 Å². The molecule has 1 amide bonds. The van der Waals surface area contributed by atoms with E-state index < -0.39 is 29.5 Å². The van der Waals surface area contributed by atoms with Gasteiger partial charge in [0.15, 0.2) is 11.4 Å². The summed E-state index contributed by atoms with van der Waals surface area (Å²) in [7, 11) is 0. The first-order chi connectivity index (χ1) is 12.7. The summed E-state index contributed by atoms with van der Waals surface area (Å²) in [5, 5.41) is 23.8. The molecular formula is C18H20F3N3O3. The van der Waals surface area contributed by atoms with Gasteiger partial charge in [0.05, 0.1) is 23.6 Å². The first-order valence-corrected chi connectivity index (χ1v) is 8.61. The zero-order valence-corrected chi connectivity index (χ0v) is 14.6. The quantitative estimate of drug-likeness (QED) is 0.854. The fourth-order valence-electron chi connectivity index (χ4n) is 3.29. The fourth-order valence-corrected chi connectivity index (χ4v) is 3.29. The summed E-state index contributed by atoms with van der Waals surface area (Å²) in [4.78, 5) is 14.2. The molecule has 0 spiro atoms. The van der Waals surface area contributed by atoms with Crippen LogP contribution in [0.25, 0.3) is 5.69 Å². The molecule has 27 heavy (non-hydrogen) atoms. The van der Waals surface area contributed by atoms with Crippen molar-refractivity contribution in [3.05, 3.63) is 41.7 Å². The Bertz CT molecular complexity index is 833. The van der Waals surface area contributed by atoms with E-state index in [4.69, 9.17) is 0 Å². The Labute approximate surface area is 153 Å². The molecule has 2 atom stereocenters. The maximum Gasteiger partial charge on any atom is 0.418 e. The summed E-state index contributed by atoms with van der Waals surface area (Å²) in [6, 6.07) is 4.80. The van der Waals surface area contributed by atoms with E-state index in [1.165, 1.54) is 23.1 Å². The molecule has 0 radical (unpaired) electrons. The van der Waals surface area contributed by atoms with Crippen LogP contribution >= 0.6 is 0 Å². The number of amides is 1. The molecule has 1 aliphatic heterocycles. The van der Waals surface area contributed by atoms with Gasteiger partial charge < -0.3 is 15.1 Å². The van der Waals surface area contributed by atoms with E-state index in [0.29, 0.717) is 19.5 Å². The lowest BCUT2D eigenvalue weighted by atomic mass is 9.93. The number of aromatic nitrogens is 2. The predicted octanol–water partition coefficient (Wildman–Crippen LogP) is 2.83. The summed E-state index contributed by atoms with van der Waals surface area (Å²) in [5.41, 5.74) is -1.50. The molecule has 6 nitrogen and oxygen atoms in total. The second kappa shape index (κ2) is 7.22. The van der Waals surface area contributed by atoms with Gasteiger partial charge in [0, 0.05) is 19.0 Å². The van der Waals surface area contributed by atoms with Gasteiger partial charge in [0.25, 0.3) is 5.91 Å². The normalized spacial score (nSPS) is 19.1. The third-order valence-electron chi connectivity index (χ3n) is 4.78. The molecule has 2 unspecified atom stereocenters. The molecule has 1 saturated heterocycles. The van der Waals surface area contributed by atoms with Crippen molar-refractivity contribution in [1.29, 1.82) is 0 Å². The van der Waals surface area contributed by atoms with Gasteiger partial charge in [-0.3, -0.25) is 4.79 Å². The highest BCUT2D eigenvalue weighted by molar-refractivity contribution is 5.95. The molecule has 2 aromatic rings. The number of hydrogen-bond acceptors (Lipinski definition) is 4. The number of aliphatic hydroxyl groups is 1. The lowest BCUT2D eigenvalue weighted by Crippen LogP contribution is -2.43. The van der Waals surface area contributed by atoms with Crippen molar-refractivity contribution >= 4 is 5.91 Å². The Balaban J connectivity index is 1.91. The van der Waals surface area contributed by atoms with Crippen LogP contribution in [0.4, 0.5) is 13.2 Å². The summed E-state index contributed by atoms with van der Waals surface area (Å²) in [6.45, 7) is 2.40. The van der Waals surface area contributed by atoms with Gasteiger partial charge in [-0.1, -0.05) is 12.1 Å². The number of benzene rings is 1. The van der Waals surface area contributed by atoms with Crippen LogP contribution in [0.5, 0.6) is 5.75 Å². The summed E-state index contributed by atoms with van der Waals surface area (Å²) in [6.07, 6.45) is -2.71. The van der Waals surface area contributed by atoms with E-state index in [2.05, 4.69) is 5.10 Å². The number of halogens is 3. The number of carbonyl (C=O) groups is 1. The predicted molar refractivity (Wildman–Crippen MR) is 90.5 cm³/mol. The maximum atomic E-state index is 13.2. The molecule has 1 aromatic carbocycles. The summed E-state index contributed by atoms with van der Waals surface area (Å²) in [5.74, 6) is -1.14. The molecule has 1 fully saturated rings. The van der Waals surface area contributed by atoms with Gasteiger partial charge in [-0.2, -0.15) is 18.3 Å². The first kappa shape index (κ1) is 19.2. The van der Waals surface area contributed by atoms with Crippen molar-refractivity contribution in [2.75, 3.05) is 13.1 Å². The van der Waals surface area contributed by atoms with Crippen molar-refractivity contribution < 1.29 is 28.2 Å². The number of hydrogen-bond donors (Lipinski definition) is 2. The average molecular weight is 383 g/mol. The smallest absolute Gasteiger partial charge is 0.418 e. The van der Waals surface area contributed by atoms with Gasteiger partial charge in [0.1, 0.15) is 0 Å². The molecule has 1 aromatic heterocycles. The second-order valence-corrected chi connectivity index (χ2v) is 6.72. The molecular weight excluding hydrogens is 363 g/mol. The van der Waals surface area contributed by atoms with Crippen LogP contribution in [0.15, 0.2) is 30.5 Å². The topological polar surface area (TPSA) is 78.6 Å². The van der Waals surface area contributed by atoms with E-state index in [1.807, 2.05) is 0 Å². The number of alkyl halides is 3. The summed E-state index contributed by atoms with van der Waals surface area (Å²) >= 11 is 0. The molecule has 2 heterocycles. The molecule has 3 rings (SSSR count). The number of carbonyl (C=O) groups excluding carboxylic acids is 1. The zero-order chi connectivity index (χ0) is 19.8. The molecule has 0 aliphatic carbocycles. The lowest BCUT2D eigenvalue weighted by Gasteiger charge is -2.33. The molecule has 146 valence electrons. The van der Waals surface area contributed by atoms with E-state index in [1.54, 1.807) is 6.92 Å². The number of aliphatic hydroxyl groups excluding tert-OH is 1. The highest BCUT2D eigenvalue weighted by Crippen LogP contribution is 2.34. The monoisotopic (exact) mass is 383 g/mol. The zero-order valence-electron chi connectivity index (χ0n) is 14.6. The molecule has 0 bridgehead atoms. The maximum absolute atomic E-state index is 13.2. The minimum atomic E-state index is -4.60. The average Bonchev–Trinajstić information content (AvgIpc) is 3.02. The third-order valence-corrected chi connectivity index (χ3v) is 4.78.